The van der Waals surface area contributed by atoms with Crippen molar-refractivity contribution >= 4 is 47.3 Å². The average molecular weight is 691 g/mol. The molecule has 1 aromatic heterocycles. The third-order valence-corrected chi connectivity index (χ3v) is 8.33. The summed E-state index contributed by atoms with van der Waals surface area (Å²) in [5, 5.41) is 18.4. The number of para-hydroxylation sites is 1. The Kier molecular flexibility index (Phi) is 11.2. The van der Waals surface area contributed by atoms with Gasteiger partial charge in [-0.2, -0.15) is 23.5 Å². The topological polar surface area (TPSA) is 144 Å². The van der Waals surface area contributed by atoms with Crippen LogP contribution in [0.25, 0.3) is 0 Å². The van der Waals surface area contributed by atoms with Crippen LogP contribution in [0.15, 0.2) is 48.8 Å². The monoisotopic (exact) mass is 690 g/mol. The van der Waals surface area contributed by atoms with Crippen LogP contribution in [0, 0.1) is 29.1 Å². The summed E-state index contributed by atoms with van der Waals surface area (Å²) in [7, 11) is 5.16. The molecule has 50 heavy (non-hydrogen) atoms. The average Bonchev–Trinajstić information content (AvgIpc) is 3.55. The summed E-state index contributed by atoms with van der Waals surface area (Å²) >= 11 is 0. The van der Waals surface area contributed by atoms with E-state index in [0.29, 0.717) is 37.0 Å². The SMILES string of the molecule is CNC(=O)C(CCC=O)N(C=O)c1cccc(N2CC(C#Cc3cnn(C(C)(C)C(=O)Nc4ccc(C#N)c(C(F)(F)F)c4)c3)C2)c1N(C)C. The zero-order valence-electron chi connectivity index (χ0n) is 28.2. The maximum atomic E-state index is 13.4. The van der Waals surface area contributed by atoms with Crippen LogP contribution in [0.3, 0.4) is 0 Å². The summed E-state index contributed by atoms with van der Waals surface area (Å²) in [6.45, 7) is 4.28. The molecule has 1 aliphatic rings. The number of carbonyl (C=O) groups is 4. The van der Waals surface area contributed by atoms with Gasteiger partial charge in [0.05, 0.1) is 51.9 Å². The first-order chi connectivity index (χ1) is 23.7. The van der Waals surface area contributed by atoms with Gasteiger partial charge in [-0.1, -0.05) is 17.9 Å². The minimum absolute atomic E-state index is 0.0130. The second-order valence-corrected chi connectivity index (χ2v) is 12.4. The molecule has 3 aromatic rings. The maximum absolute atomic E-state index is 13.4. The first-order valence-corrected chi connectivity index (χ1v) is 15.6. The Hall–Kier alpha value is -5.83. The van der Waals surface area contributed by atoms with Crippen molar-refractivity contribution < 1.29 is 32.3 Å². The Bertz CT molecular complexity index is 1860. The van der Waals surface area contributed by atoms with Crippen molar-refractivity contribution in [1.82, 2.24) is 15.1 Å². The maximum Gasteiger partial charge on any atom is 0.417 e. The Morgan fingerprint density at radius 2 is 1.88 bits per heavy atom. The van der Waals surface area contributed by atoms with E-state index < -0.39 is 34.8 Å². The molecule has 12 nitrogen and oxygen atoms in total. The van der Waals surface area contributed by atoms with Crippen LogP contribution in [-0.4, -0.2) is 74.6 Å². The summed E-state index contributed by atoms with van der Waals surface area (Å²) < 4.78 is 41.6. The molecule has 2 aromatic carbocycles. The number of halogens is 3. The van der Waals surface area contributed by atoms with Gasteiger partial charge in [0.2, 0.25) is 12.3 Å². The van der Waals surface area contributed by atoms with Gasteiger partial charge in [0.25, 0.3) is 5.91 Å². The minimum Gasteiger partial charge on any atom is -0.374 e. The molecule has 1 atom stereocenters. The number of aldehydes is 1. The highest BCUT2D eigenvalue weighted by Crippen LogP contribution is 2.41. The molecule has 2 heterocycles. The van der Waals surface area contributed by atoms with Crippen molar-refractivity contribution in [3.63, 3.8) is 0 Å². The molecule has 0 aliphatic carbocycles. The van der Waals surface area contributed by atoms with E-state index in [9.17, 15) is 32.3 Å². The number of carbonyl (C=O) groups excluding carboxylic acids is 4. The molecule has 2 N–H and O–H groups in total. The van der Waals surface area contributed by atoms with E-state index in [1.807, 2.05) is 25.1 Å². The lowest BCUT2D eigenvalue weighted by atomic mass is 9.98. The largest absolute Gasteiger partial charge is 0.417 e. The molecule has 1 saturated heterocycles. The number of nitriles is 1. The number of likely N-dealkylation sites (N-methyl/N-ethyl adjacent to an activating group) is 1. The Morgan fingerprint density at radius 3 is 2.48 bits per heavy atom. The number of alkyl halides is 3. The van der Waals surface area contributed by atoms with E-state index in [1.165, 1.54) is 35.0 Å². The summed E-state index contributed by atoms with van der Waals surface area (Å²) in [6.07, 6.45) is -0.0959. The van der Waals surface area contributed by atoms with Gasteiger partial charge in [-0.15, -0.1) is 0 Å². The molecule has 262 valence electrons. The Labute approximate surface area is 287 Å². The van der Waals surface area contributed by atoms with Gasteiger partial charge >= 0.3 is 6.18 Å². The molecular formula is C35H37F3N8O4. The van der Waals surface area contributed by atoms with Gasteiger partial charge in [-0.25, -0.2) is 0 Å². The fraction of sp³-hybridized carbons (Fsp3) is 0.371. The first kappa shape index (κ1) is 37.0. The number of rotatable bonds is 12. The van der Waals surface area contributed by atoms with E-state index in [0.717, 1.165) is 23.5 Å². The second kappa shape index (κ2) is 15.2. The highest BCUT2D eigenvalue weighted by atomic mass is 19.4. The van der Waals surface area contributed by atoms with Crippen molar-refractivity contribution in [3.05, 3.63) is 65.5 Å². The van der Waals surface area contributed by atoms with Gasteiger partial charge in [0.1, 0.15) is 17.9 Å². The van der Waals surface area contributed by atoms with E-state index in [1.54, 1.807) is 32.2 Å². The van der Waals surface area contributed by atoms with Crippen molar-refractivity contribution in [3.8, 4) is 17.9 Å². The summed E-state index contributed by atoms with van der Waals surface area (Å²) in [4.78, 5) is 54.5. The normalized spacial score (nSPS) is 13.5. The van der Waals surface area contributed by atoms with Gasteiger partial charge < -0.3 is 30.1 Å². The summed E-state index contributed by atoms with van der Waals surface area (Å²) in [5.41, 5.74) is -0.470. The standard InChI is InChI=1S/C35H37F3N8O4/c1-34(2,33(50)42-26-14-13-25(17-39)27(16-26)35(36,37)38)46-21-23(18-41-46)11-12-24-19-44(20-24)28-8-6-9-29(31(28)43(4)5)45(22-48)30(10-7-15-47)32(49)40-3/h6,8-9,13-16,18,21-22,24,30H,7,10,19-20H2,1-5H3,(H,40,49)(H,42,50). The number of anilines is 4. The van der Waals surface area contributed by atoms with Crippen LogP contribution in [-0.2, 0) is 30.9 Å². The number of aromatic nitrogens is 2. The first-order valence-electron chi connectivity index (χ1n) is 15.6. The molecule has 0 radical (unpaired) electrons. The highest BCUT2D eigenvalue weighted by molar-refractivity contribution is 5.98. The quantitative estimate of drug-likeness (QED) is 0.216. The fourth-order valence-electron chi connectivity index (χ4n) is 5.52. The fourth-order valence-corrected chi connectivity index (χ4v) is 5.52. The highest BCUT2D eigenvalue weighted by Gasteiger charge is 2.36. The van der Waals surface area contributed by atoms with Crippen LogP contribution >= 0.6 is 0 Å². The van der Waals surface area contributed by atoms with Gasteiger partial charge in [0.15, 0.2) is 0 Å². The molecule has 1 unspecified atom stereocenters. The van der Waals surface area contributed by atoms with Crippen LogP contribution in [0.4, 0.5) is 35.9 Å². The molecule has 4 rings (SSSR count). The lowest BCUT2D eigenvalue weighted by Crippen LogP contribution is -2.48. The van der Waals surface area contributed by atoms with Gasteiger partial charge in [0, 0.05) is 52.5 Å². The van der Waals surface area contributed by atoms with Crippen LogP contribution in [0.2, 0.25) is 0 Å². The minimum atomic E-state index is -4.76. The van der Waals surface area contributed by atoms with E-state index >= 15 is 0 Å². The predicted molar refractivity (Wildman–Crippen MR) is 181 cm³/mol. The number of nitrogens with one attached hydrogen (secondary N) is 2. The van der Waals surface area contributed by atoms with E-state index in [-0.39, 0.29) is 30.4 Å². The molecule has 3 amide bonds. The molecule has 1 fully saturated rings. The van der Waals surface area contributed by atoms with Crippen LogP contribution < -0.4 is 25.3 Å². The second-order valence-electron chi connectivity index (χ2n) is 12.4. The van der Waals surface area contributed by atoms with E-state index in [2.05, 4.69) is 32.5 Å². The van der Waals surface area contributed by atoms with Crippen LogP contribution in [0.1, 0.15) is 43.4 Å². The number of hydrogen-bond donors (Lipinski definition) is 2. The zero-order chi connectivity index (χ0) is 36.8. The molecular weight excluding hydrogens is 653 g/mol. The van der Waals surface area contributed by atoms with Crippen molar-refractivity contribution in [2.45, 2.75) is 44.4 Å². The number of amides is 3. The molecule has 15 heteroatoms. The number of benzene rings is 2. The summed E-state index contributed by atoms with van der Waals surface area (Å²) in [6, 6.07) is 9.08. The lowest BCUT2D eigenvalue weighted by Gasteiger charge is -2.41. The lowest BCUT2D eigenvalue weighted by molar-refractivity contribution is -0.137. The third-order valence-electron chi connectivity index (χ3n) is 8.33. The van der Waals surface area contributed by atoms with Gasteiger partial charge in [-0.05, 0) is 50.6 Å². The smallest absolute Gasteiger partial charge is 0.374 e. The number of nitrogens with zero attached hydrogens (tertiary/aromatic N) is 6. The van der Waals surface area contributed by atoms with E-state index in [4.69, 9.17) is 5.26 Å². The van der Waals surface area contributed by atoms with Crippen LogP contribution in [0.5, 0.6) is 0 Å². The third kappa shape index (κ3) is 7.89. The number of hydrogen-bond acceptors (Lipinski definition) is 8. The molecule has 0 saturated carbocycles. The zero-order valence-corrected chi connectivity index (χ0v) is 28.2. The van der Waals surface area contributed by atoms with Crippen molar-refractivity contribution in [1.29, 1.82) is 5.26 Å². The summed E-state index contributed by atoms with van der Waals surface area (Å²) in [5.74, 6) is 5.28. The predicted octanol–water partition coefficient (Wildman–Crippen LogP) is 3.76. The molecule has 0 spiro atoms. The Morgan fingerprint density at radius 1 is 1.16 bits per heavy atom. The van der Waals surface area contributed by atoms with Gasteiger partial charge in [-0.3, -0.25) is 19.1 Å². The van der Waals surface area contributed by atoms with Crippen molar-refractivity contribution in [2.75, 3.05) is 54.2 Å². The molecule has 1 aliphatic heterocycles. The molecule has 0 bridgehead atoms. The van der Waals surface area contributed by atoms with Crippen molar-refractivity contribution in [2.24, 2.45) is 5.92 Å². The Balaban J connectivity index is 1.47.